The van der Waals surface area contributed by atoms with Gasteiger partial charge in [-0.15, -0.1) is 40.1 Å². The van der Waals surface area contributed by atoms with Crippen LogP contribution in [0.5, 0.6) is 0 Å². The van der Waals surface area contributed by atoms with E-state index in [-0.39, 0.29) is 0 Å². The maximum atomic E-state index is 4.93. The SMILES string of the molecule is CCC(C)c1cc2c(-c3ccccc3C(C)C)c(C(C)C)ccc2[cH-]1.[Cl][Zr+2][Cl].[c-]1cccc2c1[Si]c1ccccc1-2. The molecule has 0 bridgehead atoms. The minimum absolute atomic E-state index is 0.515. The summed E-state index contributed by atoms with van der Waals surface area (Å²) in [6, 6.07) is 36.6. The summed E-state index contributed by atoms with van der Waals surface area (Å²) in [7, 11) is 10.7. The molecule has 41 heavy (non-hydrogen) atoms. The van der Waals surface area contributed by atoms with Crippen LogP contribution in [-0.2, 0) is 20.8 Å². The van der Waals surface area contributed by atoms with Crippen molar-refractivity contribution in [2.24, 2.45) is 0 Å². The minimum Gasteiger partial charge on any atom is -0.184 e. The fraction of sp³-hybridized carbons (Fsp3) is 0.270. The van der Waals surface area contributed by atoms with E-state index < -0.39 is 20.8 Å². The molecule has 1 heterocycles. The average molecular weight is 673 g/mol. The maximum absolute atomic E-state index is 4.93. The van der Waals surface area contributed by atoms with Crippen LogP contribution in [0.2, 0.25) is 0 Å². The third kappa shape index (κ3) is 7.40. The quantitative estimate of drug-likeness (QED) is 0.126. The first-order valence-corrected chi connectivity index (χ1v) is 21.8. The predicted molar refractivity (Wildman–Crippen MR) is 179 cm³/mol. The van der Waals surface area contributed by atoms with Crippen LogP contribution in [0.4, 0.5) is 0 Å². The zero-order valence-electron chi connectivity index (χ0n) is 24.9. The van der Waals surface area contributed by atoms with Crippen LogP contribution in [-0.4, -0.2) is 9.52 Å². The molecule has 1 aliphatic rings. The van der Waals surface area contributed by atoms with Gasteiger partial charge in [-0.05, 0) is 28.9 Å². The van der Waals surface area contributed by atoms with E-state index in [4.69, 9.17) is 17.0 Å². The van der Waals surface area contributed by atoms with Gasteiger partial charge < -0.3 is 0 Å². The van der Waals surface area contributed by atoms with E-state index in [1.54, 1.807) is 0 Å². The second kappa shape index (κ2) is 15.1. The average Bonchev–Trinajstić information content (AvgIpc) is 3.59. The summed E-state index contributed by atoms with van der Waals surface area (Å²) in [4.78, 5) is 0. The summed E-state index contributed by atoms with van der Waals surface area (Å²) >= 11 is -0.826. The van der Waals surface area contributed by atoms with E-state index >= 15 is 0 Å². The van der Waals surface area contributed by atoms with Gasteiger partial charge in [-0.3, -0.25) is 0 Å². The maximum Gasteiger partial charge on any atom is 0.0920 e. The van der Waals surface area contributed by atoms with Crippen LogP contribution in [0.3, 0.4) is 0 Å². The summed E-state index contributed by atoms with van der Waals surface area (Å²) in [5, 5.41) is 5.63. The molecular weight excluding hydrogens is 635 g/mol. The van der Waals surface area contributed by atoms with Crippen molar-refractivity contribution in [3.05, 3.63) is 114 Å². The predicted octanol–water partition coefficient (Wildman–Crippen LogP) is 10.5. The van der Waals surface area contributed by atoms with Crippen molar-refractivity contribution in [1.29, 1.82) is 0 Å². The number of rotatable bonds is 5. The molecule has 1 unspecified atom stereocenters. The van der Waals surface area contributed by atoms with Crippen molar-refractivity contribution in [2.45, 2.75) is 65.7 Å². The number of benzene rings is 4. The molecule has 5 aromatic rings. The molecule has 1 atom stereocenters. The van der Waals surface area contributed by atoms with Gasteiger partial charge in [0.05, 0.1) is 9.52 Å². The molecule has 208 valence electrons. The Labute approximate surface area is 268 Å². The van der Waals surface area contributed by atoms with E-state index in [2.05, 4.69) is 133 Å². The first kappa shape index (κ1) is 32.1. The van der Waals surface area contributed by atoms with Crippen LogP contribution in [0.25, 0.3) is 33.0 Å². The van der Waals surface area contributed by atoms with E-state index in [1.807, 2.05) is 6.07 Å². The van der Waals surface area contributed by atoms with Crippen LogP contribution >= 0.6 is 17.0 Å². The molecule has 0 nitrogen and oxygen atoms in total. The van der Waals surface area contributed by atoms with Crippen LogP contribution in [0.15, 0.2) is 91.0 Å². The molecule has 0 saturated heterocycles. The van der Waals surface area contributed by atoms with E-state index in [9.17, 15) is 0 Å². The van der Waals surface area contributed by atoms with Gasteiger partial charge in [0.1, 0.15) is 0 Å². The molecule has 0 saturated carbocycles. The van der Waals surface area contributed by atoms with Crippen LogP contribution < -0.4 is 10.4 Å². The van der Waals surface area contributed by atoms with Gasteiger partial charge in [0.25, 0.3) is 0 Å². The van der Waals surface area contributed by atoms with Gasteiger partial charge in [0.2, 0.25) is 0 Å². The molecule has 1 aliphatic heterocycles. The Balaban J connectivity index is 0.000000200. The zero-order chi connectivity index (χ0) is 29.5. The second-order valence-corrected chi connectivity index (χ2v) is 16.2. The topological polar surface area (TPSA) is 0 Å². The Morgan fingerprint density at radius 1 is 0.780 bits per heavy atom. The smallest absolute Gasteiger partial charge is 0.0920 e. The van der Waals surface area contributed by atoms with Gasteiger partial charge >= 0.3 is 37.9 Å². The summed E-state index contributed by atoms with van der Waals surface area (Å²) in [5.41, 5.74) is 10.0. The third-order valence-corrected chi connectivity index (χ3v) is 9.30. The number of hydrogen-bond donors (Lipinski definition) is 0. The summed E-state index contributed by atoms with van der Waals surface area (Å²) in [6.07, 6.45) is 1.19. The molecule has 5 aromatic carbocycles. The molecule has 0 fully saturated rings. The van der Waals surface area contributed by atoms with E-state index in [0.717, 1.165) is 9.52 Å². The monoisotopic (exact) mass is 670 g/mol. The largest absolute Gasteiger partial charge is 0.184 e. The Morgan fingerprint density at radius 2 is 1.41 bits per heavy atom. The Bertz CT molecular complexity index is 1540. The molecule has 0 spiro atoms. The number of hydrogen-bond acceptors (Lipinski definition) is 0. The molecule has 0 N–H and O–H groups in total. The molecule has 0 aromatic heterocycles. The first-order valence-electron chi connectivity index (χ1n) is 14.5. The number of halogens is 2. The molecule has 0 aliphatic carbocycles. The van der Waals surface area contributed by atoms with E-state index in [0.29, 0.717) is 17.8 Å². The summed E-state index contributed by atoms with van der Waals surface area (Å²) < 4.78 is 0. The van der Waals surface area contributed by atoms with Crippen molar-refractivity contribution in [3.8, 4) is 22.3 Å². The van der Waals surface area contributed by atoms with Gasteiger partial charge in [0.15, 0.2) is 0 Å². The standard InChI is InChI=1S/C25H31.C12H7Si.2ClH.Zr/c1-7-18(6)20-14-19-12-13-22(17(4)5)25(24(19)15-20)23-11-9-8-10-21(23)16(2)3;1-3-7-11-9(5-1)10-6-2-4-8-12(10)13-11;;;/h8-18H,7H2,1-6H3;1-7H;2*1H;/q2*-1;;;+4/p-2. The Morgan fingerprint density at radius 3 is 2.10 bits per heavy atom. The van der Waals surface area contributed by atoms with Gasteiger partial charge in [0, 0.05) is 0 Å². The summed E-state index contributed by atoms with van der Waals surface area (Å²) in [6.45, 7) is 13.8. The first-order chi connectivity index (χ1) is 19.8. The third-order valence-electron chi connectivity index (χ3n) is 7.93. The van der Waals surface area contributed by atoms with Crippen molar-refractivity contribution >= 4 is 47.7 Å². The molecule has 2 radical (unpaired) electrons. The summed E-state index contributed by atoms with van der Waals surface area (Å²) in [5.74, 6) is 1.65. The fourth-order valence-corrected chi connectivity index (χ4v) is 6.89. The number of fused-ring (bicyclic) bond motifs is 4. The molecule has 0 amide bonds. The molecule has 6 rings (SSSR count). The van der Waals surface area contributed by atoms with Crippen molar-refractivity contribution < 1.29 is 20.8 Å². The fourth-order valence-electron chi connectivity index (χ4n) is 5.58. The van der Waals surface area contributed by atoms with Crippen molar-refractivity contribution in [2.75, 3.05) is 0 Å². The van der Waals surface area contributed by atoms with Gasteiger partial charge in [-0.2, -0.15) is 35.5 Å². The van der Waals surface area contributed by atoms with Crippen molar-refractivity contribution in [1.82, 2.24) is 0 Å². The molecular formula is C37H38Cl2SiZr. The normalized spacial score (nSPS) is 12.1. The van der Waals surface area contributed by atoms with Gasteiger partial charge in [-0.25, -0.2) is 0 Å². The second-order valence-electron chi connectivity index (χ2n) is 11.2. The Hall–Kier alpha value is -1.83. The molecule has 4 heteroatoms. The van der Waals surface area contributed by atoms with Gasteiger partial charge in [-0.1, -0.05) is 118 Å². The Kier molecular flexibility index (Phi) is 11.8. The van der Waals surface area contributed by atoms with Crippen molar-refractivity contribution in [3.63, 3.8) is 0 Å². The van der Waals surface area contributed by atoms with E-state index in [1.165, 1.54) is 66.5 Å². The van der Waals surface area contributed by atoms with Crippen LogP contribution in [0, 0.1) is 6.07 Å². The minimum atomic E-state index is -0.826. The zero-order valence-corrected chi connectivity index (χ0v) is 29.8. The van der Waals surface area contributed by atoms with Crippen LogP contribution in [0.1, 0.15) is 82.4 Å².